The van der Waals surface area contributed by atoms with Gasteiger partial charge in [0, 0.05) is 25.2 Å². The lowest BCUT2D eigenvalue weighted by Crippen LogP contribution is -2.47. The number of aromatic nitrogens is 2. The summed E-state index contributed by atoms with van der Waals surface area (Å²) < 4.78 is 60.8. The molecule has 1 amide bonds. The van der Waals surface area contributed by atoms with E-state index in [4.69, 9.17) is 4.74 Å². The number of nitrogens with zero attached hydrogens (tertiary/aromatic N) is 3. The molecule has 0 unspecified atom stereocenters. The third-order valence-electron chi connectivity index (χ3n) is 5.99. The van der Waals surface area contributed by atoms with Crippen LogP contribution < -0.4 is 10.1 Å². The maximum atomic E-state index is 13.6. The van der Waals surface area contributed by atoms with E-state index >= 15 is 0 Å². The van der Waals surface area contributed by atoms with E-state index in [0.717, 1.165) is 4.68 Å². The van der Waals surface area contributed by atoms with E-state index < -0.39 is 18.0 Å². The Morgan fingerprint density at radius 1 is 1.26 bits per heavy atom. The van der Waals surface area contributed by atoms with Crippen LogP contribution in [0.1, 0.15) is 31.0 Å². The van der Waals surface area contributed by atoms with E-state index in [1.54, 1.807) is 24.0 Å². The lowest BCUT2D eigenvalue weighted by Gasteiger charge is -2.41. The highest BCUT2D eigenvalue weighted by atomic mass is 19.4. The number of amides is 1. The minimum atomic E-state index is -4.38. The first-order valence-corrected chi connectivity index (χ1v) is 10.3. The minimum absolute atomic E-state index is 0.00495. The highest BCUT2D eigenvalue weighted by Gasteiger charge is 2.47. The van der Waals surface area contributed by atoms with Crippen molar-refractivity contribution in [2.24, 2.45) is 5.92 Å². The van der Waals surface area contributed by atoms with E-state index in [9.17, 15) is 22.4 Å². The van der Waals surface area contributed by atoms with Gasteiger partial charge < -0.3 is 15.0 Å². The molecule has 0 spiro atoms. The van der Waals surface area contributed by atoms with E-state index in [1.165, 1.54) is 18.2 Å². The number of fused-ring (bicyclic) bond motifs is 1. The van der Waals surface area contributed by atoms with Crippen LogP contribution in [0.3, 0.4) is 0 Å². The number of benzene rings is 1. The lowest BCUT2D eigenvalue weighted by molar-refractivity contribution is -0.174. The molecule has 0 bridgehead atoms. The zero-order valence-corrected chi connectivity index (χ0v) is 17.0. The maximum Gasteiger partial charge on any atom is 0.410 e. The zero-order valence-electron chi connectivity index (χ0n) is 17.0. The van der Waals surface area contributed by atoms with Crippen molar-refractivity contribution in [1.82, 2.24) is 14.7 Å². The van der Waals surface area contributed by atoms with Crippen LogP contribution in [0.2, 0.25) is 0 Å². The molecule has 0 aliphatic carbocycles. The summed E-state index contributed by atoms with van der Waals surface area (Å²) in [5.74, 6) is -0.397. The summed E-state index contributed by atoms with van der Waals surface area (Å²) in [6.45, 7) is 2.25. The molecule has 1 N–H and O–H groups in total. The van der Waals surface area contributed by atoms with Crippen LogP contribution in [0.25, 0.3) is 0 Å². The van der Waals surface area contributed by atoms with Crippen molar-refractivity contribution in [3.63, 3.8) is 0 Å². The standard InChI is InChI=1S/C21H24F4N4O2/c1-13-10-19-26-16(11-18(21(23,24)25)29(19)27-13)14-6-8-28(9-7-14)20(30)12-31-17-5-3-2-4-15(17)22/h2-5,10,14,16,18,26H,6-9,11-12H2,1H3/t16-,18+/m0/s1. The van der Waals surface area contributed by atoms with Gasteiger partial charge in [-0.1, -0.05) is 12.1 Å². The van der Waals surface area contributed by atoms with Crippen molar-refractivity contribution in [2.75, 3.05) is 25.0 Å². The number of ether oxygens (including phenoxy) is 1. The molecule has 3 heterocycles. The maximum absolute atomic E-state index is 13.6. The van der Waals surface area contributed by atoms with E-state index in [1.807, 2.05) is 0 Å². The number of carbonyl (C=O) groups excluding carboxylic acids is 1. The fourth-order valence-corrected chi connectivity index (χ4v) is 4.38. The Bertz CT molecular complexity index is 938. The quantitative estimate of drug-likeness (QED) is 0.732. The highest BCUT2D eigenvalue weighted by molar-refractivity contribution is 5.77. The van der Waals surface area contributed by atoms with Crippen molar-refractivity contribution >= 4 is 11.7 Å². The Hall–Kier alpha value is -2.78. The Kier molecular flexibility index (Phi) is 5.81. The number of alkyl halides is 3. The van der Waals surface area contributed by atoms with Crippen LogP contribution in [0, 0.1) is 18.7 Å². The molecule has 10 heteroatoms. The van der Waals surface area contributed by atoms with Crippen molar-refractivity contribution in [3.05, 3.63) is 41.8 Å². The first-order valence-electron chi connectivity index (χ1n) is 10.3. The number of anilines is 1. The van der Waals surface area contributed by atoms with Gasteiger partial charge in [-0.15, -0.1) is 0 Å². The number of hydrogen-bond acceptors (Lipinski definition) is 4. The number of para-hydroxylation sites is 1. The lowest BCUT2D eigenvalue weighted by atomic mass is 9.84. The molecule has 1 aromatic heterocycles. The topological polar surface area (TPSA) is 59.4 Å². The number of carbonyl (C=O) groups is 1. The summed E-state index contributed by atoms with van der Waals surface area (Å²) in [6.07, 6.45) is -3.30. The SMILES string of the molecule is Cc1cc2n(n1)[C@@H](C(F)(F)F)C[C@@H](C1CCN(C(=O)COc3ccccc3F)CC1)N2. The molecule has 2 atom stereocenters. The van der Waals surface area contributed by atoms with Gasteiger partial charge in [-0.25, -0.2) is 9.07 Å². The minimum Gasteiger partial charge on any atom is -0.481 e. The van der Waals surface area contributed by atoms with Crippen molar-refractivity contribution in [1.29, 1.82) is 0 Å². The van der Waals surface area contributed by atoms with Gasteiger partial charge in [0.15, 0.2) is 24.2 Å². The molecule has 1 aromatic carbocycles. The van der Waals surface area contributed by atoms with E-state index in [0.29, 0.717) is 37.4 Å². The predicted octanol–water partition coefficient (Wildman–Crippen LogP) is 3.94. The molecule has 2 aliphatic rings. The molecule has 2 aromatic rings. The number of nitrogens with one attached hydrogen (secondary N) is 1. The molecule has 1 fully saturated rings. The summed E-state index contributed by atoms with van der Waals surface area (Å²) >= 11 is 0. The summed E-state index contributed by atoms with van der Waals surface area (Å²) in [6, 6.07) is 5.48. The van der Waals surface area contributed by atoms with Crippen LogP contribution >= 0.6 is 0 Å². The van der Waals surface area contributed by atoms with Gasteiger partial charge in [0.2, 0.25) is 0 Å². The zero-order chi connectivity index (χ0) is 22.2. The first-order chi connectivity index (χ1) is 14.7. The van der Waals surface area contributed by atoms with Crippen LogP contribution in [0.4, 0.5) is 23.4 Å². The molecular weight excluding hydrogens is 416 g/mol. The molecule has 2 aliphatic heterocycles. The van der Waals surface area contributed by atoms with Gasteiger partial charge >= 0.3 is 6.18 Å². The second-order valence-electron chi connectivity index (χ2n) is 8.10. The van der Waals surface area contributed by atoms with Crippen molar-refractivity contribution in [2.45, 2.75) is 44.4 Å². The molecule has 0 saturated carbocycles. The van der Waals surface area contributed by atoms with Gasteiger partial charge in [-0.05, 0) is 44.2 Å². The van der Waals surface area contributed by atoms with Gasteiger partial charge in [0.05, 0.1) is 5.69 Å². The van der Waals surface area contributed by atoms with Gasteiger partial charge in [0.25, 0.3) is 5.91 Å². The Balaban J connectivity index is 1.34. The number of piperidine rings is 1. The highest BCUT2D eigenvalue weighted by Crippen LogP contribution is 2.42. The molecule has 168 valence electrons. The van der Waals surface area contributed by atoms with Crippen molar-refractivity contribution in [3.8, 4) is 5.75 Å². The summed E-state index contributed by atoms with van der Waals surface area (Å²) in [7, 11) is 0. The van der Waals surface area contributed by atoms with Gasteiger partial charge in [0.1, 0.15) is 5.82 Å². The predicted molar refractivity (Wildman–Crippen MR) is 105 cm³/mol. The van der Waals surface area contributed by atoms with Crippen LogP contribution in [0.5, 0.6) is 5.75 Å². The fourth-order valence-electron chi connectivity index (χ4n) is 4.38. The molecule has 0 radical (unpaired) electrons. The largest absolute Gasteiger partial charge is 0.481 e. The Morgan fingerprint density at radius 2 is 1.97 bits per heavy atom. The molecule has 1 saturated heterocycles. The second-order valence-corrected chi connectivity index (χ2v) is 8.10. The Morgan fingerprint density at radius 3 is 2.65 bits per heavy atom. The smallest absolute Gasteiger partial charge is 0.410 e. The molecule has 4 rings (SSSR count). The van der Waals surface area contributed by atoms with Crippen LogP contribution in [0.15, 0.2) is 30.3 Å². The number of halogens is 4. The average Bonchev–Trinajstić information content (AvgIpc) is 3.11. The second kappa shape index (κ2) is 8.39. The first kappa shape index (κ1) is 21.5. The number of aryl methyl sites for hydroxylation is 1. The van der Waals surface area contributed by atoms with Crippen LogP contribution in [-0.2, 0) is 4.79 Å². The van der Waals surface area contributed by atoms with Gasteiger partial charge in [-0.2, -0.15) is 18.3 Å². The van der Waals surface area contributed by atoms with Crippen LogP contribution in [-0.4, -0.2) is 52.5 Å². The average molecular weight is 440 g/mol. The molecule has 31 heavy (non-hydrogen) atoms. The normalized spacial score (nSPS) is 22.0. The third-order valence-corrected chi connectivity index (χ3v) is 5.99. The number of hydrogen-bond donors (Lipinski definition) is 1. The summed E-state index contributed by atoms with van der Waals surface area (Å²) in [5.41, 5.74) is 0.535. The number of rotatable bonds is 4. The Labute approximate surface area is 177 Å². The number of likely N-dealkylation sites (tertiary alicyclic amines) is 1. The molecule has 6 nitrogen and oxygen atoms in total. The van der Waals surface area contributed by atoms with E-state index in [-0.39, 0.29) is 36.6 Å². The van der Waals surface area contributed by atoms with E-state index in [2.05, 4.69) is 10.4 Å². The summed E-state index contributed by atoms with van der Waals surface area (Å²) in [4.78, 5) is 14.0. The fraction of sp³-hybridized carbons (Fsp3) is 0.524. The molecular formula is C21H24F4N4O2. The summed E-state index contributed by atoms with van der Waals surface area (Å²) in [5, 5.41) is 7.22. The third kappa shape index (κ3) is 4.62. The van der Waals surface area contributed by atoms with Gasteiger partial charge in [-0.3, -0.25) is 4.79 Å². The monoisotopic (exact) mass is 440 g/mol. The van der Waals surface area contributed by atoms with Crippen molar-refractivity contribution < 1.29 is 27.1 Å².